The number of aryl methyl sites for hydroxylation is 1. The molecule has 6 heteroatoms. The minimum atomic E-state index is 0.0372. The molecule has 0 radical (unpaired) electrons. The number of pyridine rings is 1. The largest absolute Gasteiger partial charge is 0.283 e. The first kappa shape index (κ1) is 22.5. The summed E-state index contributed by atoms with van der Waals surface area (Å²) in [5, 5.41) is 1.27. The molecule has 4 nitrogen and oxygen atoms in total. The summed E-state index contributed by atoms with van der Waals surface area (Å²) in [5.41, 5.74) is 4.19. The van der Waals surface area contributed by atoms with Crippen molar-refractivity contribution in [1.29, 1.82) is 0 Å². The molecule has 0 fully saturated rings. The maximum atomic E-state index is 13.5. The maximum Gasteiger partial charge on any atom is 0.233 e. The second-order valence-electron chi connectivity index (χ2n) is 7.94. The van der Waals surface area contributed by atoms with E-state index < -0.39 is 0 Å². The molecule has 0 aliphatic heterocycles. The first-order valence-electron chi connectivity index (χ1n) is 10.9. The van der Waals surface area contributed by atoms with Crippen molar-refractivity contribution in [2.24, 2.45) is 0 Å². The summed E-state index contributed by atoms with van der Waals surface area (Å²) in [4.78, 5) is 25.6. The molecule has 0 saturated carbocycles. The van der Waals surface area contributed by atoms with Crippen LogP contribution in [0, 0.1) is 0 Å². The van der Waals surface area contributed by atoms with Crippen molar-refractivity contribution in [1.82, 2.24) is 9.97 Å². The third kappa shape index (κ3) is 5.37. The Morgan fingerprint density at radius 1 is 1.06 bits per heavy atom. The van der Waals surface area contributed by atoms with Gasteiger partial charge in [0.25, 0.3) is 0 Å². The molecule has 0 saturated heterocycles. The number of nitrogens with zero attached hydrogens (tertiary/aromatic N) is 3. The average Bonchev–Trinajstić information content (AvgIpc) is 3.23. The second kappa shape index (κ2) is 10.3. The fourth-order valence-electron chi connectivity index (χ4n) is 3.56. The first-order valence-corrected chi connectivity index (χ1v) is 12.6. The van der Waals surface area contributed by atoms with Crippen LogP contribution < -0.4 is 4.90 Å². The number of aromatic nitrogens is 2. The number of anilines is 1. The number of para-hydroxylation sites is 1. The number of thiazole rings is 1. The summed E-state index contributed by atoms with van der Waals surface area (Å²) in [7, 11) is 0. The molecule has 2 aromatic carbocycles. The molecule has 2 aromatic heterocycles. The molecule has 0 aliphatic rings. The summed E-state index contributed by atoms with van der Waals surface area (Å²) in [6, 6.07) is 18.5. The fourth-order valence-corrected chi connectivity index (χ4v) is 5.43. The third-order valence-corrected chi connectivity index (χ3v) is 7.18. The monoisotopic (exact) mass is 461 g/mol. The zero-order valence-corrected chi connectivity index (χ0v) is 20.2. The quantitative estimate of drug-likeness (QED) is 0.280. The van der Waals surface area contributed by atoms with Gasteiger partial charge in [-0.25, -0.2) is 4.98 Å². The zero-order valence-electron chi connectivity index (χ0n) is 18.6. The van der Waals surface area contributed by atoms with E-state index in [9.17, 15) is 4.79 Å². The normalized spacial score (nSPS) is 11.2. The van der Waals surface area contributed by atoms with Gasteiger partial charge in [-0.05, 0) is 47.4 Å². The topological polar surface area (TPSA) is 46.1 Å². The lowest BCUT2D eigenvalue weighted by Gasteiger charge is -2.20. The van der Waals surface area contributed by atoms with Gasteiger partial charge in [-0.3, -0.25) is 14.7 Å². The molecule has 0 bridgehead atoms. The Labute approximate surface area is 197 Å². The van der Waals surface area contributed by atoms with Crippen LogP contribution in [0.5, 0.6) is 0 Å². The smallest absolute Gasteiger partial charge is 0.233 e. The average molecular weight is 462 g/mol. The highest BCUT2D eigenvalue weighted by Gasteiger charge is 2.21. The summed E-state index contributed by atoms with van der Waals surface area (Å²) in [6.07, 6.45) is 4.81. The van der Waals surface area contributed by atoms with Gasteiger partial charge in [-0.1, -0.05) is 62.4 Å². The number of hydrogen-bond donors (Lipinski definition) is 0. The SMILES string of the molecule is CCc1cccc2sc(N(Cc3cccnc3)C(=O)Cc3ccc(SC(C)C)cc3)nc12. The highest BCUT2D eigenvalue weighted by Crippen LogP contribution is 2.32. The highest BCUT2D eigenvalue weighted by molar-refractivity contribution is 7.99. The molecular formula is C26H27N3OS2. The highest BCUT2D eigenvalue weighted by atomic mass is 32.2. The molecule has 0 aliphatic carbocycles. The van der Waals surface area contributed by atoms with Crippen LogP contribution in [0.3, 0.4) is 0 Å². The van der Waals surface area contributed by atoms with Crippen molar-refractivity contribution in [3.8, 4) is 0 Å². The van der Waals surface area contributed by atoms with Gasteiger partial charge in [0.2, 0.25) is 5.91 Å². The lowest BCUT2D eigenvalue weighted by atomic mass is 10.1. The van der Waals surface area contributed by atoms with E-state index in [-0.39, 0.29) is 5.91 Å². The number of carbonyl (C=O) groups excluding carboxylic acids is 1. The van der Waals surface area contributed by atoms with Crippen molar-refractivity contribution in [2.45, 2.75) is 50.3 Å². The Hall–Kier alpha value is -2.70. The van der Waals surface area contributed by atoms with Crippen LogP contribution in [-0.4, -0.2) is 21.1 Å². The number of carbonyl (C=O) groups is 1. The summed E-state index contributed by atoms with van der Waals surface area (Å²) >= 11 is 3.40. The minimum Gasteiger partial charge on any atom is -0.283 e. The number of hydrogen-bond acceptors (Lipinski definition) is 5. The molecule has 0 atom stereocenters. The zero-order chi connectivity index (χ0) is 22.5. The Kier molecular flexibility index (Phi) is 7.22. The summed E-state index contributed by atoms with van der Waals surface area (Å²) < 4.78 is 1.11. The Morgan fingerprint density at radius 2 is 1.88 bits per heavy atom. The number of amides is 1. The maximum absolute atomic E-state index is 13.5. The third-order valence-electron chi connectivity index (χ3n) is 5.12. The van der Waals surface area contributed by atoms with Crippen LogP contribution in [0.15, 0.2) is 71.9 Å². The molecule has 32 heavy (non-hydrogen) atoms. The molecule has 1 amide bonds. The molecule has 0 spiro atoms. The number of rotatable bonds is 8. The van der Waals surface area contributed by atoms with Crippen molar-refractivity contribution < 1.29 is 4.79 Å². The molecule has 0 N–H and O–H groups in total. The van der Waals surface area contributed by atoms with Crippen LogP contribution in [0.25, 0.3) is 10.2 Å². The van der Waals surface area contributed by atoms with E-state index in [1.165, 1.54) is 10.5 Å². The van der Waals surface area contributed by atoms with E-state index in [0.29, 0.717) is 18.2 Å². The van der Waals surface area contributed by atoms with E-state index in [0.717, 1.165) is 32.9 Å². The number of thioether (sulfide) groups is 1. The molecular weight excluding hydrogens is 434 g/mol. The van der Waals surface area contributed by atoms with Gasteiger partial charge in [0, 0.05) is 22.5 Å². The van der Waals surface area contributed by atoms with Crippen molar-refractivity contribution in [3.63, 3.8) is 0 Å². The van der Waals surface area contributed by atoms with Gasteiger partial charge in [0.1, 0.15) is 0 Å². The van der Waals surface area contributed by atoms with Gasteiger partial charge in [-0.2, -0.15) is 0 Å². The van der Waals surface area contributed by atoms with Crippen LogP contribution in [0.2, 0.25) is 0 Å². The fraction of sp³-hybridized carbons (Fsp3) is 0.269. The minimum absolute atomic E-state index is 0.0372. The molecule has 4 rings (SSSR count). The number of benzene rings is 2. The van der Waals surface area contributed by atoms with Crippen molar-refractivity contribution in [3.05, 3.63) is 83.7 Å². The van der Waals surface area contributed by atoms with E-state index >= 15 is 0 Å². The van der Waals surface area contributed by atoms with Crippen molar-refractivity contribution in [2.75, 3.05) is 4.90 Å². The standard InChI is InChI=1S/C26H27N3OS2/c1-4-21-8-5-9-23-25(21)28-26(32-23)29(17-20-7-6-14-27-16-20)24(30)15-19-10-12-22(13-11-19)31-18(2)3/h5-14,16,18H,4,15,17H2,1-3H3. The molecule has 164 valence electrons. The van der Waals surface area contributed by atoms with E-state index in [1.807, 2.05) is 30.1 Å². The summed E-state index contributed by atoms with van der Waals surface area (Å²) in [5.74, 6) is 0.0372. The van der Waals surface area contributed by atoms with E-state index in [4.69, 9.17) is 4.98 Å². The lowest BCUT2D eigenvalue weighted by Crippen LogP contribution is -2.31. The Balaban J connectivity index is 1.63. The van der Waals surface area contributed by atoms with Gasteiger partial charge in [0.05, 0.1) is 23.2 Å². The van der Waals surface area contributed by atoms with E-state index in [1.54, 1.807) is 22.4 Å². The van der Waals surface area contributed by atoms with Gasteiger partial charge in [-0.15, -0.1) is 11.8 Å². The van der Waals surface area contributed by atoms with Crippen LogP contribution in [0.4, 0.5) is 5.13 Å². The van der Waals surface area contributed by atoms with Crippen molar-refractivity contribution >= 4 is 44.4 Å². The molecule has 0 unspecified atom stereocenters. The Bertz CT molecular complexity index is 1190. The predicted molar refractivity (Wildman–Crippen MR) is 136 cm³/mol. The van der Waals surface area contributed by atoms with Crippen LogP contribution in [0.1, 0.15) is 37.5 Å². The van der Waals surface area contributed by atoms with Gasteiger partial charge >= 0.3 is 0 Å². The van der Waals surface area contributed by atoms with Gasteiger partial charge in [0.15, 0.2) is 5.13 Å². The van der Waals surface area contributed by atoms with Gasteiger partial charge < -0.3 is 0 Å². The van der Waals surface area contributed by atoms with Crippen LogP contribution in [-0.2, 0) is 24.2 Å². The number of fused-ring (bicyclic) bond motifs is 1. The Morgan fingerprint density at radius 3 is 2.56 bits per heavy atom. The molecule has 4 aromatic rings. The lowest BCUT2D eigenvalue weighted by molar-refractivity contribution is -0.118. The summed E-state index contributed by atoms with van der Waals surface area (Å²) in [6.45, 7) is 6.95. The van der Waals surface area contributed by atoms with Crippen LogP contribution >= 0.6 is 23.1 Å². The van der Waals surface area contributed by atoms with E-state index in [2.05, 4.69) is 68.2 Å². The first-order chi connectivity index (χ1) is 15.5. The second-order valence-corrected chi connectivity index (χ2v) is 10.6. The predicted octanol–water partition coefficient (Wildman–Crippen LogP) is 6.53. The molecule has 2 heterocycles.